The van der Waals surface area contributed by atoms with E-state index in [0.29, 0.717) is 50.0 Å². The number of amides is 3. The first-order valence-electron chi connectivity index (χ1n) is 11.4. The summed E-state index contributed by atoms with van der Waals surface area (Å²) < 4.78 is 11.0. The number of ether oxygens (including phenoxy) is 2. The fraction of sp³-hybridized carbons (Fsp3) is 0.625. The highest BCUT2D eigenvalue weighted by molar-refractivity contribution is 5.98. The van der Waals surface area contributed by atoms with Gasteiger partial charge in [-0.25, -0.2) is 4.79 Å². The topological polar surface area (TPSA) is 117 Å². The number of hydrogen-bond acceptors (Lipinski definition) is 6. The molecule has 1 aliphatic heterocycles. The van der Waals surface area contributed by atoms with Crippen molar-refractivity contribution in [3.8, 4) is 5.75 Å². The highest BCUT2D eigenvalue weighted by Gasteiger charge is 2.55. The Hall–Kier alpha value is -2.81. The first-order chi connectivity index (χ1) is 15.4. The SMILES string of the molecule is CN1Cc2ccc(OCC(=O)NC34CCC(NC(=O)OC(C)(C)C)(CC3)[C@@H](O)C4)cc2C1=O. The fourth-order valence-electron chi connectivity index (χ4n) is 5.16. The van der Waals surface area contributed by atoms with Crippen LogP contribution in [0.5, 0.6) is 5.75 Å². The molecule has 0 spiro atoms. The van der Waals surface area contributed by atoms with Crippen LogP contribution in [0.3, 0.4) is 0 Å². The second-order valence-corrected chi connectivity index (χ2v) is 10.6. The van der Waals surface area contributed by atoms with Crippen LogP contribution in [0.1, 0.15) is 68.8 Å². The van der Waals surface area contributed by atoms with Gasteiger partial charge in [-0.3, -0.25) is 9.59 Å². The van der Waals surface area contributed by atoms with E-state index in [9.17, 15) is 19.5 Å². The molecular weight excluding hydrogens is 426 g/mol. The van der Waals surface area contributed by atoms with Gasteiger partial charge in [0.1, 0.15) is 11.4 Å². The van der Waals surface area contributed by atoms with Crippen LogP contribution >= 0.6 is 0 Å². The Labute approximate surface area is 193 Å². The standard InChI is InChI=1S/C24H33N3O6/c1-22(2,3)33-21(31)26-24-9-7-23(8-10-24,12-18(24)28)25-19(29)14-32-16-6-5-15-13-27(4)20(30)17(15)11-16/h5-6,11,18,28H,7-10,12-14H2,1-4H3,(H,25,29)(H,26,31)/t18-,23?,24?/m0/s1. The average Bonchev–Trinajstić information content (AvgIpc) is 3.00. The number of alkyl carbamates (subject to hydrolysis) is 1. The van der Waals surface area contributed by atoms with Crippen molar-refractivity contribution in [2.24, 2.45) is 0 Å². The van der Waals surface area contributed by atoms with E-state index in [2.05, 4.69) is 10.6 Å². The van der Waals surface area contributed by atoms with E-state index < -0.39 is 28.9 Å². The molecule has 180 valence electrons. The summed E-state index contributed by atoms with van der Waals surface area (Å²) in [5.41, 5.74) is -0.316. The van der Waals surface area contributed by atoms with Gasteiger partial charge in [0.05, 0.1) is 11.6 Å². The average molecular weight is 460 g/mol. The van der Waals surface area contributed by atoms with Crippen LogP contribution in [0.15, 0.2) is 18.2 Å². The van der Waals surface area contributed by atoms with Gasteiger partial charge in [0.15, 0.2) is 6.61 Å². The van der Waals surface area contributed by atoms with Crippen LogP contribution in [0.2, 0.25) is 0 Å². The number of nitrogens with zero attached hydrogens (tertiary/aromatic N) is 1. The van der Waals surface area contributed by atoms with E-state index in [-0.39, 0.29) is 18.4 Å². The molecule has 4 aliphatic rings. The zero-order chi connectivity index (χ0) is 24.0. The van der Waals surface area contributed by atoms with Crippen molar-refractivity contribution in [2.75, 3.05) is 13.7 Å². The molecule has 1 aromatic rings. The number of benzene rings is 1. The highest BCUT2D eigenvalue weighted by Crippen LogP contribution is 2.47. The molecule has 33 heavy (non-hydrogen) atoms. The summed E-state index contributed by atoms with van der Waals surface area (Å²) in [4.78, 5) is 38.7. The van der Waals surface area contributed by atoms with Crippen LogP contribution in [-0.2, 0) is 16.1 Å². The second kappa shape index (κ2) is 8.20. The van der Waals surface area contributed by atoms with Gasteiger partial charge in [-0.05, 0) is 70.6 Å². The Kier molecular flexibility index (Phi) is 5.80. The molecule has 3 saturated carbocycles. The molecule has 0 aromatic heterocycles. The molecule has 0 unspecified atom stereocenters. The van der Waals surface area contributed by atoms with Gasteiger partial charge in [-0.1, -0.05) is 6.07 Å². The number of rotatable bonds is 5. The van der Waals surface area contributed by atoms with E-state index in [1.54, 1.807) is 44.9 Å². The molecule has 1 aromatic carbocycles. The highest BCUT2D eigenvalue weighted by atomic mass is 16.6. The Morgan fingerprint density at radius 2 is 1.88 bits per heavy atom. The van der Waals surface area contributed by atoms with Crippen LogP contribution in [-0.4, -0.2) is 64.4 Å². The molecule has 5 rings (SSSR count). The predicted octanol–water partition coefficient (Wildman–Crippen LogP) is 2.11. The summed E-state index contributed by atoms with van der Waals surface area (Å²) >= 11 is 0. The third-order valence-corrected chi connectivity index (χ3v) is 6.91. The molecule has 1 heterocycles. The monoisotopic (exact) mass is 459 g/mol. The van der Waals surface area contributed by atoms with Crippen LogP contribution in [0, 0.1) is 0 Å². The summed E-state index contributed by atoms with van der Waals surface area (Å²) in [6.45, 7) is 5.78. The van der Waals surface area contributed by atoms with Crippen LogP contribution in [0.25, 0.3) is 0 Å². The van der Waals surface area contributed by atoms with Gasteiger partial charge >= 0.3 is 6.09 Å². The first-order valence-corrected chi connectivity index (χ1v) is 11.4. The Bertz CT molecular complexity index is 961. The maximum absolute atomic E-state index is 12.7. The zero-order valence-electron chi connectivity index (χ0n) is 19.7. The largest absolute Gasteiger partial charge is 0.484 e. The van der Waals surface area contributed by atoms with Gasteiger partial charge in [0, 0.05) is 24.7 Å². The minimum atomic E-state index is -0.784. The molecule has 3 fully saturated rings. The van der Waals surface area contributed by atoms with Crippen LogP contribution in [0.4, 0.5) is 4.79 Å². The van der Waals surface area contributed by atoms with E-state index in [1.165, 1.54) is 0 Å². The summed E-state index contributed by atoms with van der Waals surface area (Å²) in [5.74, 6) is 0.138. The van der Waals surface area contributed by atoms with E-state index in [0.717, 1.165) is 5.56 Å². The maximum Gasteiger partial charge on any atom is 0.408 e. The number of carbonyl (C=O) groups is 3. The van der Waals surface area contributed by atoms with Crippen molar-refractivity contribution in [1.29, 1.82) is 0 Å². The smallest absolute Gasteiger partial charge is 0.408 e. The lowest BCUT2D eigenvalue weighted by atomic mass is 9.60. The molecule has 3 N–H and O–H groups in total. The maximum atomic E-state index is 12.7. The number of carbonyl (C=O) groups excluding carboxylic acids is 3. The lowest BCUT2D eigenvalue weighted by Gasteiger charge is -2.56. The minimum absolute atomic E-state index is 0.0549. The molecule has 0 saturated heterocycles. The molecule has 1 atom stereocenters. The number of hydrogen-bond donors (Lipinski definition) is 3. The Balaban J connectivity index is 1.31. The van der Waals surface area contributed by atoms with Gasteiger partial charge < -0.3 is 30.1 Å². The van der Waals surface area contributed by atoms with Crippen molar-refractivity contribution in [3.05, 3.63) is 29.3 Å². The summed E-state index contributed by atoms with van der Waals surface area (Å²) in [6, 6.07) is 5.28. The molecule has 9 nitrogen and oxygen atoms in total. The lowest BCUT2D eigenvalue weighted by Crippen LogP contribution is -2.70. The summed E-state index contributed by atoms with van der Waals surface area (Å²) in [7, 11) is 1.75. The molecule has 9 heteroatoms. The van der Waals surface area contributed by atoms with Gasteiger partial charge in [0.25, 0.3) is 11.8 Å². The molecular formula is C24H33N3O6. The van der Waals surface area contributed by atoms with Crippen molar-refractivity contribution in [2.45, 2.75) is 82.2 Å². The third-order valence-electron chi connectivity index (χ3n) is 6.91. The number of aliphatic hydroxyl groups excluding tert-OH is 1. The van der Waals surface area contributed by atoms with Gasteiger partial charge in [-0.15, -0.1) is 0 Å². The molecule has 3 amide bonds. The van der Waals surface area contributed by atoms with Crippen molar-refractivity contribution in [3.63, 3.8) is 0 Å². The van der Waals surface area contributed by atoms with Crippen LogP contribution < -0.4 is 15.4 Å². The summed E-state index contributed by atoms with van der Waals surface area (Å²) in [5, 5.41) is 16.8. The van der Waals surface area contributed by atoms with Crippen molar-refractivity contribution >= 4 is 17.9 Å². The lowest BCUT2D eigenvalue weighted by molar-refractivity contribution is -0.129. The van der Waals surface area contributed by atoms with E-state index in [4.69, 9.17) is 9.47 Å². The third kappa shape index (κ3) is 4.78. The first kappa shape index (κ1) is 23.4. The zero-order valence-corrected chi connectivity index (χ0v) is 19.7. The normalized spacial score (nSPS) is 28.3. The van der Waals surface area contributed by atoms with Crippen molar-refractivity contribution in [1.82, 2.24) is 15.5 Å². The van der Waals surface area contributed by atoms with E-state index in [1.807, 2.05) is 6.07 Å². The number of nitrogens with one attached hydrogen (secondary N) is 2. The number of fused-ring (bicyclic) bond motifs is 4. The fourth-order valence-corrected chi connectivity index (χ4v) is 5.16. The second-order valence-electron chi connectivity index (χ2n) is 10.6. The van der Waals surface area contributed by atoms with Gasteiger partial charge in [-0.2, -0.15) is 0 Å². The predicted molar refractivity (Wildman–Crippen MR) is 120 cm³/mol. The molecule has 3 aliphatic carbocycles. The number of aliphatic hydroxyl groups is 1. The van der Waals surface area contributed by atoms with Crippen molar-refractivity contribution < 1.29 is 29.0 Å². The minimum Gasteiger partial charge on any atom is -0.484 e. The summed E-state index contributed by atoms with van der Waals surface area (Å²) in [6.07, 6.45) is 1.43. The Morgan fingerprint density at radius 1 is 1.18 bits per heavy atom. The van der Waals surface area contributed by atoms with E-state index >= 15 is 0 Å². The molecule has 2 bridgehead atoms. The van der Waals surface area contributed by atoms with Gasteiger partial charge in [0.2, 0.25) is 0 Å². The Morgan fingerprint density at radius 3 is 2.52 bits per heavy atom. The molecule has 0 radical (unpaired) electrons. The quantitative estimate of drug-likeness (QED) is 0.621.